The maximum Gasteiger partial charge on any atom is 0.299 e. The Morgan fingerprint density at radius 1 is 1.36 bits per heavy atom. The Bertz CT molecular complexity index is 790. The molecule has 1 amide bonds. The highest BCUT2D eigenvalue weighted by Gasteiger charge is 2.18. The van der Waals surface area contributed by atoms with Crippen molar-refractivity contribution in [1.82, 2.24) is 9.29 Å². The second kappa shape index (κ2) is 6.66. The molecule has 0 aliphatic rings. The average Bonchev–Trinajstić information content (AvgIpc) is 2.80. The van der Waals surface area contributed by atoms with Gasteiger partial charge in [-0.05, 0) is 12.5 Å². The first-order valence-electron chi connectivity index (χ1n) is 6.56. The van der Waals surface area contributed by atoms with Gasteiger partial charge in [-0.3, -0.25) is 4.79 Å². The molecule has 2 aromatic rings. The molecule has 1 aromatic carbocycles. The van der Waals surface area contributed by atoms with Gasteiger partial charge in [0.2, 0.25) is 0 Å². The van der Waals surface area contributed by atoms with E-state index in [2.05, 4.69) is 9.35 Å². The minimum absolute atomic E-state index is 0.381. The average molecular weight is 338 g/mol. The van der Waals surface area contributed by atoms with E-state index < -0.39 is 16.0 Å². The minimum atomic E-state index is -3.17. The van der Waals surface area contributed by atoms with Crippen molar-refractivity contribution in [1.29, 1.82) is 0 Å². The first kappa shape index (κ1) is 16.8. The normalized spacial score (nSPS) is 13.9. The van der Waals surface area contributed by atoms with Gasteiger partial charge in [-0.15, -0.1) is 15.7 Å². The molecule has 2 rings (SSSR count). The van der Waals surface area contributed by atoms with Gasteiger partial charge >= 0.3 is 0 Å². The molecule has 0 aliphatic carbocycles. The van der Waals surface area contributed by atoms with Gasteiger partial charge in [0, 0.05) is 20.5 Å². The molecule has 0 bridgehead atoms. The first-order chi connectivity index (χ1) is 10.3. The molecule has 0 saturated carbocycles. The Labute approximate surface area is 134 Å². The van der Waals surface area contributed by atoms with Crippen molar-refractivity contribution in [2.75, 3.05) is 14.1 Å². The number of rotatable bonds is 4. The molecule has 1 heterocycles. The Morgan fingerprint density at radius 2 is 2.00 bits per heavy atom. The summed E-state index contributed by atoms with van der Waals surface area (Å²) in [4.78, 5) is 16.9. The lowest BCUT2D eigenvalue weighted by Gasteiger charge is -2.10. The summed E-state index contributed by atoms with van der Waals surface area (Å²) >= 11 is 1.26. The Morgan fingerprint density at radius 3 is 2.59 bits per heavy atom. The van der Waals surface area contributed by atoms with E-state index in [1.807, 2.05) is 30.3 Å². The molecule has 0 aliphatic heterocycles. The van der Waals surface area contributed by atoms with Gasteiger partial charge in [-0.2, -0.15) is 0 Å². The fraction of sp³-hybridized carbons (Fsp3) is 0.286. The molecule has 0 fully saturated rings. The van der Waals surface area contributed by atoms with E-state index in [-0.39, 0.29) is 0 Å². The van der Waals surface area contributed by atoms with Crippen LogP contribution in [0, 0.1) is 6.92 Å². The maximum atomic E-state index is 12.2. The summed E-state index contributed by atoms with van der Waals surface area (Å²) < 4.78 is 16.8. The van der Waals surface area contributed by atoms with E-state index in [1.54, 1.807) is 6.92 Å². The first-order valence-corrected chi connectivity index (χ1v) is 8.91. The minimum Gasteiger partial charge on any atom is -0.265 e. The Balaban J connectivity index is 2.27. The smallest absolute Gasteiger partial charge is 0.265 e. The fourth-order valence-corrected chi connectivity index (χ4v) is 3.27. The lowest BCUT2D eigenvalue weighted by molar-refractivity contribution is 0.101. The lowest BCUT2D eigenvalue weighted by atomic mass is 10.2. The van der Waals surface area contributed by atoms with E-state index in [4.69, 9.17) is 5.14 Å². The molecule has 22 heavy (non-hydrogen) atoms. The third kappa shape index (κ3) is 3.98. The SMILES string of the molecule is Cc1nc(Cc2ccccc2)sc1C(=O)N=S(N)(=O)N(C)C. The number of carbonyl (C=O) groups is 1. The second-order valence-corrected chi connectivity index (χ2v) is 8.00. The van der Waals surface area contributed by atoms with Gasteiger partial charge in [0.1, 0.15) is 4.88 Å². The number of thiazole rings is 1. The summed E-state index contributed by atoms with van der Waals surface area (Å²) in [7, 11) is -0.148. The van der Waals surface area contributed by atoms with Crippen LogP contribution in [-0.4, -0.2) is 33.5 Å². The zero-order valence-electron chi connectivity index (χ0n) is 12.6. The van der Waals surface area contributed by atoms with Gasteiger partial charge in [-0.1, -0.05) is 30.3 Å². The number of hydrogen-bond acceptors (Lipinski definition) is 4. The topological polar surface area (TPSA) is 88.6 Å². The van der Waals surface area contributed by atoms with Crippen LogP contribution in [0.25, 0.3) is 0 Å². The summed E-state index contributed by atoms with van der Waals surface area (Å²) in [6.45, 7) is 1.74. The summed E-state index contributed by atoms with van der Waals surface area (Å²) in [5.74, 6) is -0.587. The summed E-state index contributed by atoms with van der Waals surface area (Å²) in [6.07, 6.45) is 0.644. The van der Waals surface area contributed by atoms with Crippen molar-refractivity contribution >= 4 is 27.3 Å². The molecule has 0 radical (unpaired) electrons. The monoisotopic (exact) mass is 338 g/mol. The zero-order chi connectivity index (χ0) is 16.3. The van der Waals surface area contributed by atoms with Gasteiger partial charge in [0.15, 0.2) is 10.1 Å². The number of benzene rings is 1. The Kier molecular flexibility index (Phi) is 5.07. The number of nitrogens with two attached hydrogens (primary N) is 1. The molecule has 118 valence electrons. The quantitative estimate of drug-likeness (QED) is 0.924. The van der Waals surface area contributed by atoms with Gasteiger partial charge in [0.25, 0.3) is 5.91 Å². The van der Waals surface area contributed by atoms with Crippen molar-refractivity contribution in [3.05, 3.63) is 51.5 Å². The molecule has 6 nitrogen and oxygen atoms in total. The number of aromatic nitrogens is 1. The zero-order valence-corrected chi connectivity index (χ0v) is 14.3. The van der Waals surface area contributed by atoms with Crippen LogP contribution in [0.2, 0.25) is 0 Å². The fourth-order valence-electron chi connectivity index (χ4n) is 1.74. The van der Waals surface area contributed by atoms with Gasteiger partial charge in [0.05, 0.1) is 10.7 Å². The second-order valence-electron chi connectivity index (χ2n) is 4.93. The van der Waals surface area contributed by atoms with Crippen LogP contribution in [0.4, 0.5) is 0 Å². The predicted octanol–water partition coefficient (Wildman–Crippen LogP) is 2.00. The van der Waals surface area contributed by atoms with Crippen molar-refractivity contribution in [2.45, 2.75) is 13.3 Å². The molecule has 2 N–H and O–H groups in total. The van der Waals surface area contributed by atoms with Crippen LogP contribution < -0.4 is 5.14 Å². The highest BCUT2D eigenvalue weighted by atomic mass is 32.2. The summed E-state index contributed by atoms with van der Waals surface area (Å²) in [5, 5.41) is 6.34. The van der Waals surface area contributed by atoms with Crippen molar-refractivity contribution < 1.29 is 9.00 Å². The van der Waals surface area contributed by atoms with E-state index in [9.17, 15) is 9.00 Å². The van der Waals surface area contributed by atoms with Gasteiger partial charge < -0.3 is 0 Å². The third-order valence-electron chi connectivity index (χ3n) is 2.97. The highest BCUT2D eigenvalue weighted by molar-refractivity contribution is 7.89. The predicted molar refractivity (Wildman–Crippen MR) is 88.9 cm³/mol. The molecule has 1 aromatic heterocycles. The van der Waals surface area contributed by atoms with Crippen LogP contribution >= 0.6 is 11.3 Å². The standard InChI is InChI=1S/C14H18N4O2S2/c1-10-13(14(19)17-22(15,20)18(2)3)21-12(16-10)9-11-7-5-4-6-8-11/h4-8H,9H2,1-3H3,(H2,15,17,19,20). The van der Waals surface area contributed by atoms with E-state index in [0.29, 0.717) is 17.0 Å². The highest BCUT2D eigenvalue weighted by Crippen LogP contribution is 2.22. The van der Waals surface area contributed by atoms with Crippen molar-refractivity contribution in [3.63, 3.8) is 0 Å². The number of carbonyl (C=O) groups excluding carboxylic acids is 1. The van der Waals surface area contributed by atoms with E-state index in [1.165, 1.54) is 29.7 Å². The molecule has 0 saturated heterocycles. The van der Waals surface area contributed by atoms with Crippen LogP contribution in [0.3, 0.4) is 0 Å². The van der Waals surface area contributed by atoms with Gasteiger partial charge in [-0.25, -0.2) is 18.6 Å². The van der Waals surface area contributed by atoms with Crippen LogP contribution in [0.15, 0.2) is 34.7 Å². The molecule has 1 atom stereocenters. The maximum absolute atomic E-state index is 12.2. The van der Waals surface area contributed by atoms with Crippen molar-refractivity contribution in [3.8, 4) is 0 Å². The number of amides is 1. The summed E-state index contributed by atoms with van der Waals surface area (Å²) in [6, 6.07) is 9.86. The molecular formula is C14H18N4O2S2. The number of aryl methyl sites for hydroxylation is 1. The molecule has 1 unspecified atom stereocenters. The third-order valence-corrected chi connectivity index (χ3v) is 5.59. The summed E-state index contributed by atoms with van der Waals surface area (Å²) in [5.41, 5.74) is 1.70. The van der Waals surface area contributed by atoms with E-state index in [0.717, 1.165) is 10.6 Å². The molecular weight excluding hydrogens is 320 g/mol. The number of hydrogen-bond donors (Lipinski definition) is 1. The van der Waals surface area contributed by atoms with Crippen LogP contribution in [0.1, 0.15) is 25.9 Å². The molecule has 0 spiro atoms. The van der Waals surface area contributed by atoms with Crippen LogP contribution in [0.5, 0.6) is 0 Å². The number of nitrogens with zero attached hydrogens (tertiary/aromatic N) is 3. The largest absolute Gasteiger partial charge is 0.299 e. The molecule has 8 heteroatoms. The Hall–Kier alpha value is -1.61. The lowest BCUT2D eigenvalue weighted by Crippen LogP contribution is -2.30. The van der Waals surface area contributed by atoms with Crippen LogP contribution in [-0.2, 0) is 16.5 Å². The van der Waals surface area contributed by atoms with E-state index >= 15 is 0 Å². The van der Waals surface area contributed by atoms with Crippen molar-refractivity contribution in [2.24, 2.45) is 9.50 Å².